The van der Waals surface area contributed by atoms with Crippen molar-refractivity contribution in [2.45, 2.75) is 23.1 Å². The van der Waals surface area contributed by atoms with Crippen molar-refractivity contribution in [3.63, 3.8) is 0 Å². The zero-order chi connectivity index (χ0) is 16.9. The molecule has 2 rings (SSSR count). The highest BCUT2D eigenvalue weighted by molar-refractivity contribution is 7.98. The highest BCUT2D eigenvalue weighted by atomic mass is 32.2. The minimum absolute atomic E-state index is 0.0879. The molecule has 0 aliphatic carbocycles. The molecule has 0 unspecified atom stereocenters. The lowest BCUT2D eigenvalue weighted by molar-refractivity contribution is 0.592. The van der Waals surface area contributed by atoms with Gasteiger partial charge in [0, 0.05) is 0 Å². The van der Waals surface area contributed by atoms with E-state index in [0.717, 1.165) is 0 Å². The minimum Gasteiger partial charge on any atom is -0.223 e. The summed E-state index contributed by atoms with van der Waals surface area (Å²) in [6.45, 7) is 1.77. The van der Waals surface area contributed by atoms with Crippen molar-refractivity contribution in [2.24, 2.45) is 0 Å². The van der Waals surface area contributed by atoms with Gasteiger partial charge in [0.25, 0.3) is 0 Å². The average Bonchev–Trinajstić information content (AvgIpc) is 2.56. The number of hydrogen-bond acceptors (Lipinski definition) is 4. The number of sulfone groups is 2. The monoisotopic (exact) mass is 350 g/mol. The van der Waals surface area contributed by atoms with Crippen LogP contribution in [0.2, 0.25) is 0 Å². The Morgan fingerprint density at radius 3 is 1.78 bits per heavy atom. The van der Waals surface area contributed by atoms with E-state index < -0.39 is 25.4 Å². The molecule has 2 aromatic rings. The van der Waals surface area contributed by atoms with E-state index in [9.17, 15) is 16.8 Å². The fourth-order valence-corrected chi connectivity index (χ4v) is 5.64. The summed E-state index contributed by atoms with van der Waals surface area (Å²) in [5, 5.41) is 0. The molecule has 6 heteroatoms. The van der Waals surface area contributed by atoms with Gasteiger partial charge in [-0.25, -0.2) is 16.8 Å². The second kappa shape index (κ2) is 7.10. The third kappa shape index (κ3) is 4.09. The molecule has 0 atom stereocenters. The molecule has 0 radical (unpaired) electrons. The first-order chi connectivity index (χ1) is 10.9. The van der Waals surface area contributed by atoms with E-state index in [-0.39, 0.29) is 14.7 Å². The fourth-order valence-electron chi connectivity index (χ4n) is 2.12. The molecule has 0 amide bonds. The number of hydrogen-bond donors (Lipinski definition) is 0. The summed E-state index contributed by atoms with van der Waals surface area (Å²) in [7, 11) is -7.54. The van der Waals surface area contributed by atoms with Gasteiger partial charge in [0.1, 0.15) is 0 Å². The Kier molecular flexibility index (Phi) is 5.38. The maximum atomic E-state index is 12.7. The van der Waals surface area contributed by atoms with E-state index in [0.29, 0.717) is 6.42 Å². The maximum absolute atomic E-state index is 12.7. The van der Waals surface area contributed by atoms with Gasteiger partial charge in [-0.05, 0) is 30.7 Å². The molecule has 122 valence electrons. The van der Waals surface area contributed by atoms with Crippen LogP contribution in [0.1, 0.15) is 13.3 Å². The minimum atomic E-state index is -3.82. The largest absolute Gasteiger partial charge is 0.223 e. The van der Waals surface area contributed by atoms with Crippen LogP contribution in [0.5, 0.6) is 0 Å². The van der Waals surface area contributed by atoms with Gasteiger partial charge in [-0.15, -0.1) is 0 Å². The molecular formula is C17H18O4S2. The van der Waals surface area contributed by atoms with Crippen molar-refractivity contribution in [3.8, 4) is 0 Å². The molecule has 0 bridgehead atoms. The normalized spacial score (nSPS) is 13.0. The Balaban J connectivity index is 2.44. The first kappa shape index (κ1) is 17.4. The Labute approximate surface area is 137 Å². The van der Waals surface area contributed by atoms with Crippen LogP contribution in [0.25, 0.3) is 0 Å². The summed E-state index contributed by atoms with van der Waals surface area (Å²) in [5.74, 6) is -0.540. The predicted molar refractivity (Wildman–Crippen MR) is 90.5 cm³/mol. The van der Waals surface area contributed by atoms with Crippen molar-refractivity contribution in [1.82, 2.24) is 0 Å². The molecule has 4 nitrogen and oxygen atoms in total. The number of benzene rings is 2. The second-order valence-electron chi connectivity index (χ2n) is 4.97. The number of allylic oxidation sites excluding steroid dienone is 1. The number of rotatable bonds is 6. The van der Waals surface area contributed by atoms with Gasteiger partial charge in [0.05, 0.1) is 20.4 Å². The summed E-state index contributed by atoms with van der Waals surface area (Å²) in [6.07, 6.45) is 1.90. The molecule has 0 saturated heterocycles. The molecule has 0 aliphatic rings. The maximum Gasteiger partial charge on any atom is 0.203 e. The molecule has 0 aliphatic heterocycles. The SMILES string of the molecule is CCC=C(CS(=O)(=O)c1ccccc1)S(=O)(=O)c1ccccc1. The third-order valence-electron chi connectivity index (χ3n) is 3.27. The van der Waals surface area contributed by atoms with Crippen LogP contribution in [-0.4, -0.2) is 22.6 Å². The molecule has 23 heavy (non-hydrogen) atoms. The van der Waals surface area contributed by atoms with Gasteiger partial charge in [-0.3, -0.25) is 0 Å². The summed E-state index contributed by atoms with van der Waals surface area (Å²) < 4.78 is 50.4. The lowest BCUT2D eigenvalue weighted by atomic mass is 10.4. The smallest absolute Gasteiger partial charge is 0.203 e. The zero-order valence-corrected chi connectivity index (χ0v) is 14.3. The Morgan fingerprint density at radius 2 is 1.30 bits per heavy atom. The summed E-state index contributed by atoms with van der Waals surface area (Å²) >= 11 is 0. The standard InChI is InChI=1S/C17H18O4S2/c1-2-9-17(23(20,21)16-12-7-4-8-13-16)14-22(18,19)15-10-5-3-6-11-15/h3-13H,2,14H2,1H3. The van der Waals surface area contributed by atoms with Crippen LogP contribution in [0.15, 0.2) is 81.4 Å². The lowest BCUT2D eigenvalue weighted by Crippen LogP contribution is -2.16. The van der Waals surface area contributed by atoms with Crippen LogP contribution in [-0.2, 0) is 19.7 Å². The molecule has 0 spiro atoms. The first-order valence-electron chi connectivity index (χ1n) is 7.15. The molecule has 2 aromatic carbocycles. The lowest BCUT2D eigenvalue weighted by Gasteiger charge is -2.10. The first-order valence-corrected chi connectivity index (χ1v) is 10.3. The topological polar surface area (TPSA) is 68.3 Å². The van der Waals surface area contributed by atoms with E-state index in [1.807, 2.05) is 0 Å². The molecule has 0 saturated carbocycles. The van der Waals surface area contributed by atoms with Crippen molar-refractivity contribution >= 4 is 19.7 Å². The van der Waals surface area contributed by atoms with E-state index in [2.05, 4.69) is 0 Å². The van der Waals surface area contributed by atoms with E-state index in [1.165, 1.54) is 30.3 Å². The van der Waals surface area contributed by atoms with Crippen molar-refractivity contribution < 1.29 is 16.8 Å². The Morgan fingerprint density at radius 1 is 0.826 bits per heavy atom. The fraction of sp³-hybridized carbons (Fsp3) is 0.176. The van der Waals surface area contributed by atoms with Crippen LogP contribution in [0, 0.1) is 0 Å². The van der Waals surface area contributed by atoms with Gasteiger partial charge in [-0.2, -0.15) is 0 Å². The molecule has 0 heterocycles. The van der Waals surface area contributed by atoms with Gasteiger partial charge < -0.3 is 0 Å². The zero-order valence-electron chi connectivity index (χ0n) is 12.7. The van der Waals surface area contributed by atoms with Gasteiger partial charge in [0.15, 0.2) is 9.84 Å². The van der Waals surface area contributed by atoms with Gasteiger partial charge in [0.2, 0.25) is 9.84 Å². The summed E-state index contributed by atoms with van der Waals surface area (Å²) in [5.41, 5.74) is 0. The molecule has 0 aromatic heterocycles. The molecule has 0 N–H and O–H groups in total. The van der Waals surface area contributed by atoms with Crippen molar-refractivity contribution in [2.75, 3.05) is 5.75 Å². The van der Waals surface area contributed by atoms with Gasteiger partial charge in [-0.1, -0.05) is 49.4 Å². The van der Waals surface area contributed by atoms with E-state index in [1.54, 1.807) is 43.3 Å². The third-order valence-corrected chi connectivity index (χ3v) is 7.02. The van der Waals surface area contributed by atoms with Crippen molar-refractivity contribution in [3.05, 3.63) is 71.6 Å². The van der Waals surface area contributed by atoms with Crippen LogP contribution < -0.4 is 0 Å². The quantitative estimate of drug-likeness (QED) is 0.802. The predicted octanol–water partition coefficient (Wildman–Crippen LogP) is 3.23. The highest BCUT2D eigenvalue weighted by Crippen LogP contribution is 2.23. The van der Waals surface area contributed by atoms with Crippen LogP contribution in [0.4, 0.5) is 0 Å². The second-order valence-corrected chi connectivity index (χ2v) is 8.96. The summed E-state index contributed by atoms with van der Waals surface area (Å²) in [4.78, 5) is 0.128. The Bertz CT molecular complexity index is 882. The van der Waals surface area contributed by atoms with Crippen molar-refractivity contribution in [1.29, 1.82) is 0 Å². The molecular weight excluding hydrogens is 332 g/mol. The average molecular weight is 350 g/mol. The molecule has 0 fully saturated rings. The van der Waals surface area contributed by atoms with Gasteiger partial charge >= 0.3 is 0 Å². The van der Waals surface area contributed by atoms with E-state index >= 15 is 0 Å². The highest BCUT2D eigenvalue weighted by Gasteiger charge is 2.26. The van der Waals surface area contributed by atoms with E-state index in [4.69, 9.17) is 0 Å². The summed E-state index contributed by atoms with van der Waals surface area (Å²) in [6, 6.07) is 15.7. The van der Waals surface area contributed by atoms with Crippen LogP contribution in [0.3, 0.4) is 0 Å². The van der Waals surface area contributed by atoms with Crippen LogP contribution >= 0.6 is 0 Å². The Hall–Kier alpha value is -1.92.